The first-order chi connectivity index (χ1) is 13.7. The Bertz CT molecular complexity index is 864. The average molecular weight is 402 g/mol. The van der Waals surface area contributed by atoms with E-state index in [0.29, 0.717) is 18.5 Å². The van der Waals surface area contributed by atoms with Crippen LogP contribution in [0.25, 0.3) is 0 Å². The lowest BCUT2D eigenvalue weighted by Gasteiger charge is -2.39. The maximum atomic E-state index is 12.3. The molecule has 1 aromatic heterocycles. The minimum Gasteiger partial charge on any atom is -0.447 e. The third-order valence-corrected chi connectivity index (χ3v) is 5.10. The van der Waals surface area contributed by atoms with Crippen molar-refractivity contribution >= 4 is 17.8 Å². The molecule has 8 heteroatoms. The van der Waals surface area contributed by atoms with Gasteiger partial charge in [0.05, 0.1) is 6.10 Å². The number of aryl methyl sites for hydroxylation is 2. The van der Waals surface area contributed by atoms with Crippen LogP contribution in [0.15, 0.2) is 16.5 Å². The number of ether oxygens (including phenoxy) is 1. The van der Waals surface area contributed by atoms with Gasteiger partial charge in [0, 0.05) is 44.8 Å². The molecule has 1 amide bonds. The molecule has 29 heavy (non-hydrogen) atoms. The lowest BCUT2D eigenvalue weighted by molar-refractivity contribution is 0.0349. The van der Waals surface area contributed by atoms with Crippen molar-refractivity contribution in [1.82, 2.24) is 20.0 Å². The topological polar surface area (TPSA) is 83.7 Å². The third kappa shape index (κ3) is 5.26. The molecule has 0 saturated carbocycles. The highest BCUT2D eigenvalue weighted by atomic mass is 16.6. The fourth-order valence-electron chi connectivity index (χ4n) is 3.65. The number of carbonyl (C=O) groups is 1. The van der Waals surface area contributed by atoms with Crippen molar-refractivity contribution < 1.29 is 13.9 Å². The SMILES string of the molecule is Cc1cc(CN2CCN(C(=O)OC(C)C)[C@@H](C)C2)c(C)c(Nc2nnc(C)o2)c1. The van der Waals surface area contributed by atoms with Crippen molar-refractivity contribution in [2.24, 2.45) is 0 Å². The second-order valence-electron chi connectivity index (χ2n) is 8.06. The van der Waals surface area contributed by atoms with Crippen LogP contribution in [0, 0.1) is 20.8 Å². The first kappa shape index (κ1) is 21.1. The Morgan fingerprint density at radius 3 is 2.66 bits per heavy atom. The van der Waals surface area contributed by atoms with Crippen LogP contribution in [-0.4, -0.2) is 57.9 Å². The largest absolute Gasteiger partial charge is 0.447 e. The van der Waals surface area contributed by atoms with Crippen molar-refractivity contribution in [2.75, 3.05) is 25.0 Å². The molecule has 0 bridgehead atoms. The summed E-state index contributed by atoms with van der Waals surface area (Å²) in [6.07, 6.45) is -0.323. The molecule has 0 aliphatic carbocycles. The van der Waals surface area contributed by atoms with Gasteiger partial charge in [0.25, 0.3) is 0 Å². The summed E-state index contributed by atoms with van der Waals surface area (Å²) < 4.78 is 10.8. The molecule has 2 aromatic rings. The van der Waals surface area contributed by atoms with Crippen LogP contribution >= 0.6 is 0 Å². The second kappa shape index (κ2) is 8.82. The van der Waals surface area contributed by atoms with Gasteiger partial charge < -0.3 is 19.4 Å². The van der Waals surface area contributed by atoms with E-state index in [1.54, 1.807) is 6.92 Å². The van der Waals surface area contributed by atoms with E-state index >= 15 is 0 Å². The predicted octanol–water partition coefficient (Wildman–Crippen LogP) is 3.79. The molecule has 0 spiro atoms. The molecular weight excluding hydrogens is 370 g/mol. The number of piperazine rings is 1. The van der Waals surface area contributed by atoms with E-state index in [1.165, 1.54) is 5.56 Å². The summed E-state index contributed by atoms with van der Waals surface area (Å²) in [6.45, 7) is 14.9. The van der Waals surface area contributed by atoms with Crippen molar-refractivity contribution in [3.63, 3.8) is 0 Å². The molecule has 0 unspecified atom stereocenters. The fourth-order valence-corrected chi connectivity index (χ4v) is 3.65. The van der Waals surface area contributed by atoms with E-state index < -0.39 is 0 Å². The molecule has 1 aliphatic heterocycles. The van der Waals surface area contributed by atoms with Gasteiger partial charge in [-0.15, -0.1) is 5.10 Å². The lowest BCUT2D eigenvalue weighted by Crippen LogP contribution is -2.54. The number of amides is 1. The van der Waals surface area contributed by atoms with Gasteiger partial charge in [-0.1, -0.05) is 11.2 Å². The molecule has 0 radical (unpaired) electrons. The molecule has 8 nitrogen and oxygen atoms in total. The zero-order valence-electron chi connectivity index (χ0n) is 18.2. The highest BCUT2D eigenvalue weighted by molar-refractivity contribution is 5.68. The monoisotopic (exact) mass is 401 g/mol. The Hall–Kier alpha value is -2.61. The van der Waals surface area contributed by atoms with E-state index in [1.807, 2.05) is 18.7 Å². The van der Waals surface area contributed by atoms with Gasteiger partial charge in [0.1, 0.15) is 0 Å². The summed E-state index contributed by atoms with van der Waals surface area (Å²) in [5.41, 5.74) is 4.53. The smallest absolute Gasteiger partial charge is 0.410 e. The van der Waals surface area contributed by atoms with E-state index in [-0.39, 0.29) is 18.2 Å². The van der Waals surface area contributed by atoms with Crippen LogP contribution in [0.4, 0.5) is 16.5 Å². The summed E-state index contributed by atoms with van der Waals surface area (Å²) in [6, 6.07) is 4.80. The van der Waals surface area contributed by atoms with Gasteiger partial charge in [-0.3, -0.25) is 4.90 Å². The number of carbonyl (C=O) groups excluding carboxylic acids is 1. The van der Waals surface area contributed by atoms with Crippen LogP contribution in [0.5, 0.6) is 0 Å². The molecule has 158 valence electrons. The quantitative estimate of drug-likeness (QED) is 0.816. The van der Waals surface area contributed by atoms with Gasteiger partial charge in [0.2, 0.25) is 5.89 Å². The Balaban J connectivity index is 1.68. The third-order valence-electron chi connectivity index (χ3n) is 5.10. The minimum atomic E-state index is -0.222. The molecule has 1 atom stereocenters. The highest BCUT2D eigenvalue weighted by Gasteiger charge is 2.29. The Labute approximate surface area is 172 Å². The Morgan fingerprint density at radius 1 is 1.28 bits per heavy atom. The molecule has 1 N–H and O–H groups in total. The van der Waals surface area contributed by atoms with Crippen LogP contribution in [-0.2, 0) is 11.3 Å². The minimum absolute atomic E-state index is 0.101. The Kier molecular flexibility index (Phi) is 6.42. The number of hydrogen-bond acceptors (Lipinski definition) is 7. The van der Waals surface area contributed by atoms with E-state index in [0.717, 1.165) is 36.4 Å². The number of rotatable bonds is 5. The Morgan fingerprint density at radius 2 is 2.03 bits per heavy atom. The molecular formula is C21H31N5O3. The van der Waals surface area contributed by atoms with Gasteiger partial charge in [-0.05, 0) is 57.4 Å². The van der Waals surface area contributed by atoms with Crippen LogP contribution in [0.2, 0.25) is 0 Å². The number of aromatic nitrogens is 2. The first-order valence-corrected chi connectivity index (χ1v) is 10.1. The maximum absolute atomic E-state index is 12.3. The zero-order chi connectivity index (χ0) is 21.1. The fraction of sp³-hybridized carbons (Fsp3) is 0.571. The van der Waals surface area contributed by atoms with Gasteiger partial charge in [0.15, 0.2) is 0 Å². The van der Waals surface area contributed by atoms with Gasteiger partial charge in [-0.25, -0.2) is 4.79 Å². The second-order valence-corrected chi connectivity index (χ2v) is 8.06. The van der Waals surface area contributed by atoms with Crippen molar-refractivity contribution in [3.8, 4) is 0 Å². The standard InChI is InChI=1S/C21H31N5O3/c1-13(2)28-21(27)26-8-7-25(11-15(26)4)12-18-9-14(3)10-19(16(18)5)22-20-24-23-17(6)29-20/h9-10,13,15H,7-8,11-12H2,1-6H3,(H,22,24)/t15-/m0/s1. The summed E-state index contributed by atoms with van der Waals surface area (Å²) in [5, 5.41) is 11.1. The molecule has 1 aliphatic rings. The number of nitrogens with zero attached hydrogens (tertiary/aromatic N) is 4. The number of nitrogens with one attached hydrogen (secondary N) is 1. The molecule has 1 saturated heterocycles. The molecule has 2 heterocycles. The van der Waals surface area contributed by atoms with Crippen molar-refractivity contribution in [2.45, 2.75) is 60.2 Å². The van der Waals surface area contributed by atoms with Crippen molar-refractivity contribution in [3.05, 3.63) is 34.7 Å². The summed E-state index contributed by atoms with van der Waals surface area (Å²) in [4.78, 5) is 16.5. The predicted molar refractivity (Wildman–Crippen MR) is 111 cm³/mol. The highest BCUT2D eigenvalue weighted by Crippen LogP contribution is 2.26. The van der Waals surface area contributed by atoms with Crippen molar-refractivity contribution in [1.29, 1.82) is 0 Å². The summed E-state index contributed by atoms with van der Waals surface area (Å²) in [5.74, 6) is 0.529. The first-order valence-electron chi connectivity index (χ1n) is 10.1. The van der Waals surface area contributed by atoms with Gasteiger partial charge >= 0.3 is 12.1 Å². The lowest BCUT2D eigenvalue weighted by atomic mass is 10.0. The number of benzene rings is 1. The van der Waals surface area contributed by atoms with Crippen LogP contribution in [0.1, 0.15) is 43.4 Å². The van der Waals surface area contributed by atoms with Crippen LogP contribution < -0.4 is 5.32 Å². The summed E-state index contributed by atoms with van der Waals surface area (Å²) in [7, 11) is 0. The number of hydrogen-bond donors (Lipinski definition) is 1. The molecule has 1 fully saturated rings. The zero-order valence-corrected chi connectivity index (χ0v) is 18.2. The summed E-state index contributed by atoms with van der Waals surface area (Å²) >= 11 is 0. The van der Waals surface area contributed by atoms with E-state index in [4.69, 9.17) is 9.15 Å². The van der Waals surface area contributed by atoms with E-state index in [2.05, 4.69) is 53.3 Å². The van der Waals surface area contributed by atoms with Gasteiger partial charge in [-0.2, -0.15) is 0 Å². The molecule has 1 aromatic carbocycles. The van der Waals surface area contributed by atoms with Crippen LogP contribution in [0.3, 0.4) is 0 Å². The normalized spacial score (nSPS) is 17.6. The average Bonchev–Trinajstić information content (AvgIpc) is 3.03. The van der Waals surface area contributed by atoms with E-state index in [9.17, 15) is 4.79 Å². The number of anilines is 2. The molecule has 3 rings (SSSR count). The maximum Gasteiger partial charge on any atom is 0.410 e.